The number of nitrogens with zero attached hydrogens (tertiary/aromatic N) is 1. The van der Waals surface area contributed by atoms with E-state index in [0.29, 0.717) is 11.4 Å². The van der Waals surface area contributed by atoms with Crippen molar-refractivity contribution in [2.24, 2.45) is 5.73 Å². The molecule has 0 bridgehead atoms. The number of rotatable bonds is 6. The minimum absolute atomic E-state index is 0.0348. The van der Waals surface area contributed by atoms with Crippen molar-refractivity contribution in [1.29, 1.82) is 0 Å². The zero-order valence-electron chi connectivity index (χ0n) is 12.2. The van der Waals surface area contributed by atoms with Gasteiger partial charge in [-0.1, -0.05) is 19.9 Å². The Labute approximate surface area is 116 Å². The molecule has 0 aliphatic heterocycles. The van der Waals surface area contributed by atoms with E-state index in [0.717, 1.165) is 24.0 Å². The third-order valence-electron chi connectivity index (χ3n) is 3.67. The highest BCUT2D eigenvalue weighted by atomic mass is 32.2. The van der Waals surface area contributed by atoms with Gasteiger partial charge in [0.25, 0.3) is 0 Å². The Morgan fingerprint density at radius 1 is 1.26 bits per heavy atom. The fraction of sp³-hybridized carbons (Fsp3) is 0.571. The molecule has 0 unspecified atom stereocenters. The van der Waals surface area contributed by atoms with Crippen molar-refractivity contribution in [2.45, 2.75) is 51.1 Å². The second-order valence-corrected chi connectivity index (χ2v) is 6.78. The Bertz CT molecular complexity index is 522. The molecule has 0 saturated carbocycles. The number of nitrogens with two attached hydrogens (primary N) is 1. The first kappa shape index (κ1) is 16.1. The van der Waals surface area contributed by atoms with E-state index >= 15 is 0 Å². The molecule has 0 radical (unpaired) electrons. The van der Waals surface area contributed by atoms with Gasteiger partial charge in [0.05, 0.1) is 4.90 Å². The Balaban J connectivity index is 3.20. The molecule has 0 amide bonds. The van der Waals surface area contributed by atoms with E-state index in [1.807, 2.05) is 26.8 Å². The number of aryl methyl sites for hydroxylation is 1. The Hall–Kier alpha value is -0.910. The third kappa shape index (κ3) is 3.35. The summed E-state index contributed by atoms with van der Waals surface area (Å²) < 4.78 is 26.6. The summed E-state index contributed by atoms with van der Waals surface area (Å²) in [7, 11) is -1.79. The van der Waals surface area contributed by atoms with Crippen molar-refractivity contribution in [1.82, 2.24) is 4.31 Å². The van der Waals surface area contributed by atoms with E-state index in [1.54, 1.807) is 19.2 Å². The van der Waals surface area contributed by atoms with Crippen LogP contribution >= 0.6 is 0 Å². The second-order valence-electron chi connectivity index (χ2n) is 4.78. The lowest BCUT2D eigenvalue weighted by Crippen LogP contribution is -2.36. The molecule has 1 aromatic carbocycles. The van der Waals surface area contributed by atoms with E-state index in [9.17, 15) is 8.42 Å². The molecule has 0 atom stereocenters. The summed E-state index contributed by atoms with van der Waals surface area (Å²) in [6.45, 7) is 6.29. The molecule has 19 heavy (non-hydrogen) atoms. The fourth-order valence-corrected chi connectivity index (χ4v) is 3.75. The molecule has 1 aromatic rings. The van der Waals surface area contributed by atoms with Crippen LogP contribution in [-0.4, -0.2) is 25.8 Å². The Morgan fingerprint density at radius 2 is 1.84 bits per heavy atom. The second kappa shape index (κ2) is 6.50. The number of sulfonamides is 1. The van der Waals surface area contributed by atoms with Crippen molar-refractivity contribution >= 4 is 10.0 Å². The third-order valence-corrected chi connectivity index (χ3v) is 5.58. The Kier molecular flexibility index (Phi) is 5.52. The first-order valence-corrected chi connectivity index (χ1v) is 8.10. The lowest BCUT2D eigenvalue weighted by Gasteiger charge is -2.25. The maximum absolute atomic E-state index is 12.6. The molecule has 0 aliphatic rings. The van der Waals surface area contributed by atoms with Gasteiger partial charge in [0.1, 0.15) is 0 Å². The number of hydrogen-bond acceptors (Lipinski definition) is 3. The van der Waals surface area contributed by atoms with E-state index < -0.39 is 10.0 Å². The molecule has 0 aromatic heterocycles. The highest BCUT2D eigenvalue weighted by molar-refractivity contribution is 7.89. The maximum Gasteiger partial charge on any atom is 0.243 e. The van der Waals surface area contributed by atoms with Gasteiger partial charge in [-0.2, -0.15) is 4.31 Å². The van der Waals surface area contributed by atoms with Gasteiger partial charge < -0.3 is 5.73 Å². The predicted molar refractivity (Wildman–Crippen MR) is 78.4 cm³/mol. The standard InChI is InChI=1S/C14H24N2O2S/c1-5-13(6-2)16(4)19(17,18)14-8-7-11(3)12(9-14)10-15/h7-9,13H,5-6,10,15H2,1-4H3. The molecule has 0 heterocycles. The van der Waals surface area contributed by atoms with Crippen LogP contribution < -0.4 is 5.73 Å². The summed E-state index contributed by atoms with van der Waals surface area (Å²) in [5.74, 6) is 0. The molecular weight excluding hydrogens is 260 g/mol. The van der Waals surface area contributed by atoms with Crippen LogP contribution in [0.3, 0.4) is 0 Å². The largest absolute Gasteiger partial charge is 0.326 e. The van der Waals surface area contributed by atoms with Crippen LogP contribution in [0.5, 0.6) is 0 Å². The number of benzene rings is 1. The van der Waals surface area contributed by atoms with Gasteiger partial charge in [-0.15, -0.1) is 0 Å². The summed E-state index contributed by atoms with van der Waals surface area (Å²) in [5, 5.41) is 0. The fourth-order valence-electron chi connectivity index (χ4n) is 2.19. The minimum atomic E-state index is -3.43. The maximum atomic E-state index is 12.6. The van der Waals surface area contributed by atoms with Crippen molar-refractivity contribution in [3.63, 3.8) is 0 Å². The smallest absolute Gasteiger partial charge is 0.243 e. The van der Waals surface area contributed by atoms with Gasteiger partial charge in [-0.25, -0.2) is 8.42 Å². The van der Waals surface area contributed by atoms with Crippen molar-refractivity contribution in [3.05, 3.63) is 29.3 Å². The molecule has 108 valence electrons. The molecule has 5 heteroatoms. The summed E-state index contributed by atoms with van der Waals surface area (Å²) in [4.78, 5) is 0.327. The van der Waals surface area contributed by atoms with Gasteiger partial charge in [-0.05, 0) is 43.0 Å². The van der Waals surface area contributed by atoms with Gasteiger partial charge >= 0.3 is 0 Å². The minimum Gasteiger partial charge on any atom is -0.326 e. The van der Waals surface area contributed by atoms with Gasteiger partial charge in [0.2, 0.25) is 10.0 Å². The highest BCUT2D eigenvalue weighted by Crippen LogP contribution is 2.21. The van der Waals surface area contributed by atoms with Crippen LogP contribution in [0.15, 0.2) is 23.1 Å². The average Bonchev–Trinajstić information content (AvgIpc) is 2.40. The summed E-state index contributed by atoms with van der Waals surface area (Å²) in [5.41, 5.74) is 7.54. The predicted octanol–water partition coefficient (Wildman–Crippen LogP) is 2.26. The average molecular weight is 284 g/mol. The highest BCUT2D eigenvalue weighted by Gasteiger charge is 2.26. The molecular formula is C14H24N2O2S. The quantitative estimate of drug-likeness (QED) is 0.871. The van der Waals surface area contributed by atoms with Crippen molar-refractivity contribution in [3.8, 4) is 0 Å². The van der Waals surface area contributed by atoms with Gasteiger partial charge in [-0.3, -0.25) is 0 Å². The van der Waals surface area contributed by atoms with Gasteiger partial charge in [0, 0.05) is 19.6 Å². The van der Waals surface area contributed by atoms with Crippen LogP contribution in [0.2, 0.25) is 0 Å². The summed E-state index contributed by atoms with van der Waals surface area (Å²) in [6, 6.07) is 5.19. The van der Waals surface area contributed by atoms with E-state index in [2.05, 4.69) is 0 Å². The molecule has 4 nitrogen and oxygen atoms in total. The van der Waals surface area contributed by atoms with Crippen LogP contribution in [-0.2, 0) is 16.6 Å². The van der Waals surface area contributed by atoms with Crippen molar-refractivity contribution in [2.75, 3.05) is 7.05 Å². The molecule has 2 N–H and O–H groups in total. The Morgan fingerprint density at radius 3 is 2.32 bits per heavy atom. The van der Waals surface area contributed by atoms with E-state index in [4.69, 9.17) is 5.73 Å². The zero-order chi connectivity index (χ0) is 14.6. The molecule has 0 aliphatic carbocycles. The first-order chi connectivity index (χ1) is 8.88. The molecule has 0 spiro atoms. The zero-order valence-corrected chi connectivity index (χ0v) is 13.0. The SMILES string of the molecule is CCC(CC)N(C)S(=O)(=O)c1ccc(C)c(CN)c1. The molecule has 0 saturated heterocycles. The summed E-state index contributed by atoms with van der Waals surface area (Å²) >= 11 is 0. The first-order valence-electron chi connectivity index (χ1n) is 6.66. The van der Waals surface area contributed by atoms with E-state index in [1.165, 1.54) is 4.31 Å². The molecule has 1 rings (SSSR count). The van der Waals surface area contributed by atoms with Crippen LogP contribution in [0.25, 0.3) is 0 Å². The normalized spacial score (nSPS) is 12.4. The monoisotopic (exact) mass is 284 g/mol. The van der Waals surface area contributed by atoms with Crippen LogP contribution in [0.1, 0.15) is 37.8 Å². The topological polar surface area (TPSA) is 63.4 Å². The van der Waals surface area contributed by atoms with Crippen LogP contribution in [0, 0.1) is 6.92 Å². The van der Waals surface area contributed by atoms with Gasteiger partial charge in [0.15, 0.2) is 0 Å². The lowest BCUT2D eigenvalue weighted by molar-refractivity contribution is 0.349. The summed E-state index contributed by atoms with van der Waals surface area (Å²) in [6.07, 6.45) is 1.61. The van der Waals surface area contributed by atoms with Crippen molar-refractivity contribution < 1.29 is 8.42 Å². The number of hydrogen-bond donors (Lipinski definition) is 1. The molecule has 0 fully saturated rings. The van der Waals surface area contributed by atoms with E-state index in [-0.39, 0.29) is 6.04 Å². The lowest BCUT2D eigenvalue weighted by atomic mass is 10.1. The van der Waals surface area contributed by atoms with Crippen LogP contribution in [0.4, 0.5) is 0 Å².